The molecule has 0 radical (unpaired) electrons. The van der Waals surface area contributed by atoms with Crippen molar-refractivity contribution < 1.29 is 23.1 Å². The van der Waals surface area contributed by atoms with Gasteiger partial charge in [-0.15, -0.1) is 0 Å². The lowest BCUT2D eigenvalue weighted by Gasteiger charge is -2.21. The number of benzene rings is 1. The zero-order valence-electron chi connectivity index (χ0n) is 12.4. The van der Waals surface area contributed by atoms with Gasteiger partial charge in [-0.25, -0.2) is 8.42 Å². The third-order valence-electron chi connectivity index (χ3n) is 4.51. The van der Waals surface area contributed by atoms with Gasteiger partial charge < -0.3 is 9.84 Å². The van der Waals surface area contributed by atoms with Crippen LogP contribution >= 0.6 is 0 Å². The second-order valence-electron chi connectivity index (χ2n) is 5.81. The Labute approximate surface area is 129 Å². The summed E-state index contributed by atoms with van der Waals surface area (Å²) in [5.74, 6) is -1.13. The summed E-state index contributed by atoms with van der Waals surface area (Å²) >= 11 is 0. The van der Waals surface area contributed by atoms with E-state index in [2.05, 4.69) is 0 Å². The van der Waals surface area contributed by atoms with Crippen molar-refractivity contribution in [2.24, 2.45) is 0 Å². The van der Waals surface area contributed by atoms with Crippen LogP contribution in [-0.2, 0) is 32.4 Å². The number of sulfonamides is 1. The highest BCUT2D eigenvalue weighted by Crippen LogP contribution is 2.30. The van der Waals surface area contributed by atoms with Crippen molar-refractivity contribution in [3.8, 4) is 0 Å². The highest BCUT2D eigenvalue weighted by Gasteiger charge is 2.44. The Morgan fingerprint density at radius 3 is 2.73 bits per heavy atom. The molecule has 0 spiro atoms. The van der Waals surface area contributed by atoms with Gasteiger partial charge in [0.1, 0.15) is 6.04 Å². The van der Waals surface area contributed by atoms with Gasteiger partial charge in [0.15, 0.2) is 0 Å². The molecule has 0 unspecified atom stereocenters. The first-order valence-corrected chi connectivity index (χ1v) is 8.76. The molecule has 1 aliphatic carbocycles. The summed E-state index contributed by atoms with van der Waals surface area (Å²) in [6, 6.07) is 4.05. The van der Waals surface area contributed by atoms with Gasteiger partial charge >= 0.3 is 5.97 Å². The quantitative estimate of drug-likeness (QED) is 0.894. The summed E-state index contributed by atoms with van der Waals surface area (Å²) in [6.07, 6.45) is 2.68. The van der Waals surface area contributed by atoms with E-state index in [1.54, 1.807) is 12.1 Å². The SMILES string of the molecule is CO[C@@H]1C[C@@H](C(=O)O)N(S(=O)(=O)c2ccc3c(c2)CCC3)C1. The third-order valence-corrected chi connectivity index (χ3v) is 6.38. The molecular weight excluding hydrogens is 306 g/mol. The highest BCUT2D eigenvalue weighted by molar-refractivity contribution is 7.89. The van der Waals surface area contributed by atoms with Crippen LogP contribution in [0.1, 0.15) is 24.0 Å². The van der Waals surface area contributed by atoms with E-state index in [0.717, 1.165) is 29.1 Å². The molecule has 7 heteroatoms. The van der Waals surface area contributed by atoms with Gasteiger partial charge in [-0.1, -0.05) is 6.07 Å². The number of hydrogen-bond donors (Lipinski definition) is 1. The minimum Gasteiger partial charge on any atom is -0.480 e. The Bertz CT molecular complexity index is 700. The fourth-order valence-corrected chi connectivity index (χ4v) is 4.95. The van der Waals surface area contributed by atoms with Gasteiger partial charge in [0.25, 0.3) is 0 Å². The van der Waals surface area contributed by atoms with Gasteiger partial charge in [-0.3, -0.25) is 4.79 Å². The zero-order chi connectivity index (χ0) is 15.9. The Hall–Kier alpha value is -1.44. The average molecular weight is 325 g/mol. The molecule has 1 aromatic carbocycles. The van der Waals surface area contributed by atoms with Crippen molar-refractivity contribution in [3.05, 3.63) is 29.3 Å². The van der Waals surface area contributed by atoms with Crippen molar-refractivity contribution in [2.45, 2.75) is 42.7 Å². The van der Waals surface area contributed by atoms with E-state index >= 15 is 0 Å². The van der Waals surface area contributed by atoms with Gasteiger partial charge in [0, 0.05) is 20.1 Å². The zero-order valence-corrected chi connectivity index (χ0v) is 13.2. The third kappa shape index (κ3) is 2.53. The first-order chi connectivity index (χ1) is 10.4. The van der Waals surface area contributed by atoms with E-state index in [1.165, 1.54) is 12.7 Å². The summed E-state index contributed by atoms with van der Waals surface area (Å²) in [4.78, 5) is 11.6. The Morgan fingerprint density at radius 2 is 2.05 bits per heavy atom. The minimum absolute atomic E-state index is 0.0763. The van der Waals surface area contributed by atoms with E-state index in [0.29, 0.717) is 0 Å². The number of rotatable bonds is 4. The molecule has 0 amide bonds. The number of aryl methyl sites for hydroxylation is 2. The summed E-state index contributed by atoms with van der Waals surface area (Å²) in [5, 5.41) is 9.30. The first-order valence-electron chi connectivity index (χ1n) is 7.32. The fourth-order valence-electron chi connectivity index (χ4n) is 3.27. The van der Waals surface area contributed by atoms with Crippen LogP contribution in [0.5, 0.6) is 0 Å². The molecule has 0 saturated carbocycles. The molecular formula is C15H19NO5S. The molecule has 1 aliphatic heterocycles. The number of carboxylic acids is 1. The minimum atomic E-state index is -3.82. The van der Waals surface area contributed by atoms with Crippen LogP contribution in [0, 0.1) is 0 Å². The number of ether oxygens (including phenoxy) is 1. The average Bonchev–Trinajstić information content (AvgIpc) is 3.13. The normalized spacial score (nSPS) is 25.3. The number of carbonyl (C=O) groups is 1. The van der Waals surface area contributed by atoms with Crippen LogP contribution in [0.25, 0.3) is 0 Å². The molecule has 22 heavy (non-hydrogen) atoms. The van der Waals surface area contributed by atoms with E-state index < -0.39 is 22.0 Å². The lowest BCUT2D eigenvalue weighted by Crippen LogP contribution is -2.40. The monoisotopic (exact) mass is 325 g/mol. The highest BCUT2D eigenvalue weighted by atomic mass is 32.2. The molecule has 0 bridgehead atoms. The topological polar surface area (TPSA) is 83.9 Å². The summed E-state index contributed by atoms with van der Waals surface area (Å²) < 4.78 is 31.8. The van der Waals surface area contributed by atoms with Crippen LogP contribution < -0.4 is 0 Å². The standard InChI is InChI=1S/C15H19NO5S/c1-21-12-8-14(15(17)18)16(9-12)22(19,20)13-6-5-10-3-2-4-11(10)7-13/h5-7,12,14H,2-4,8-9H2,1H3,(H,17,18)/t12-,14+/m1/s1. The number of hydrogen-bond acceptors (Lipinski definition) is 4. The maximum absolute atomic E-state index is 12.8. The van der Waals surface area contributed by atoms with Crippen molar-refractivity contribution in [1.82, 2.24) is 4.31 Å². The number of carboxylic acid groups (broad SMARTS) is 1. The first kappa shape index (κ1) is 15.5. The smallest absolute Gasteiger partial charge is 0.322 e. The predicted molar refractivity (Wildman–Crippen MR) is 79.2 cm³/mol. The summed E-state index contributed by atoms with van der Waals surface area (Å²) in [7, 11) is -2.36. The Balaban J connectivity index is 1.96. The van der Waals surface area contributed by atoms with Crippen LogP contribution in [0.3, 0.4) is 0 Å². The lowest BCUT2D eigenvalue weighted by atomic mass is 10.1. The van der Waals surface area contributed by atoms with Gasteiger partial charge in [0.2, 0.25) is 10.0 Å². The second-order valence-corrected chi connectivity index (χ2v) is 7.70. The maximum Gasteiger partial charge on any atom is 0.322 e. The molecule has 2 atom stereocenters. The van der Waals surface area contributed by atoms with E-state index in [1.807, 2.05) is 6.07 Å². The van der Waals surface area contributed by atoms with E-state index in [4.69, 9.17) is 4.74 Å². The number of aliphatic carboxylic acids is 1. The number of methoxy groups -OCH3 is 1. The van der Waals surface area contributed by atoms with Crippen molar-refractivity contribution in [2.75, 3.05) is 13.7 Å². The summed E-state index contributed by atoms with van der Waals surface area (Å²) in [5.41, 5.74) is 2.24. The van der Waals surface area contributed by atoms with Crippen molar-refractivity contribution in [3.63, 3.8) is 0 Å². The Morgan fingerprint density at radius 1 is 1.32 bits per heavy atom. The largest absolute Gasteiger partial charge is 0.480 e. The van der Waals surface area contributed by atoms with E-state index in [9.17, 15) is 18.3 Å². The van der Waals surface area contributed by atoms with Crippen LogP contribution in [0.2, 0.25) is 0 Å². The molecule has 3 rings (SSSR count). The van der Waals surface area contributed by atoms with Crippen molar-refractivity contribution in [1.29, 1.82) is 0 Å². The van der Waals surface area contributed by atoms with Crippen LogP contribution in [0.4, 0.5) is 0 Å². The molecule has 1 aromatic rings. The van der Waals surface area contributed by atoms with Crippen molar-refractivity contribution >= 4 is 16.0 Å². The molecule has 2 aliphatic rings. The molecule has 1 saturated heterocycles. The number of fused-ring (bicyclic) bond motifs is 1. The molecule has 120 valence electrons. The van der Waals surface area contributed by atoms with Crippen LogP contribution in [-0.4, -0.2) is 49.6 Å². The summed E-state index contributed by atoms with van der Waals surface area (Å²) in [6.45, 7) is 0.0763. The lowest BCUT2D eigenvalue weighted by molar-refractivity contribution is -0.140. The van der Waals surface area contributed by atoms with Gasteiger partial charge in [-0.2, -0.15) is 4.31 Å². The molecule has 1 heterocycles. The second kappa shape index (κ2) is 5.64. The molecule has 1 N–H and O–H groups in total. The number of nitrogens with zero attached hydrogens (tertiary/aromatic N) is 1. The molecule has 0 aromatic heterocycles. The maximum atomic E-state index is 12.8. The molecule has 6 nitrogen and oxygen atoms in total. The Kier molecular flexibility index (Phi) is 3.96. The van der Waals surface area contributed by atoms with Gasteiger partial charge in [-0.05, 0) is 42.5 Å². The fraction of sp³-hybridized carbons (Fsp3) is 0.533. The van der Waals surface area contributed by atoms with Crippen LogP contribution in [0.15, 0.2) is 23.1 Å². The predicted octanol–water partition coefficient (Wildman–Crippen LogP) is 1.04. The molecule has 1 fully saturated rings. The van der Waals surface area contributed by atoms with Gasteiger partial charge in [0.05, 0.1) is 11.0 Å². The van der Waals surface area contributed by atoms with E-state index in [-0.39, 0.29) is 24.0 Å².